The number of benzene rings is 3. The van der Waals surface area contributed by atoms with Crippen LogP contribution in [0.25, 0.3) is 0 Å². The van der Waals surface area contributed by atoms with Gasteiger partial charge >= 0.3 is 5.97 Å². The Morgan fingerprint density at radius 2 is 1.70 bits per heavy atom. The summed E-state index contributed by atoms with van der Waals surface area (Å²) in [4.78, 5) is 29.6. The highest BCUT2D eigenvalue weighted by atomic mass is 79.9. The van der Waals surface area contributed by atoms with Crippen molar-refractivity contribution in [1.29, 1.82) is 0 Å². The lowest BCUT2D eigenvalue weighted by atomic mass is 9.96. The number of methoxy groups -OCH3 is 2. The van der Waals surface area contributed by atoms with Crippen LogP contribution in [0.3, 0.4) is 0 Å². The molecule has 1 aliphatic heterocycles. The lowest BCUT2D eigenvalue weighted by Crippen LogP contribution is -2.50. The average Bonchev–Trinajstić information content (AvgIpc) is 3.43. The summed E-state index contributed by atoms with van der Waals surface area (Å²) < 4.78 is 11.2. The van der Waals surface area contributed by atoms with Crippen LogP contribution in [-0.4, -0.2) is 54.8 Å². The highest BCUT2D eigenvalue weighted by Gasteiger charge is 2.41. The number of anilines is 1. The molecule has 1 N–H and O–H groups in total. The number of aliphatic hydroxyl groups excluding tert-OH is 1. The fourth-order valence-electron chi connectivity index (χ4n) is 4.81. The maximum absolute atomic E-state index is 13.7. The van der Waals surface area contributed by atoms with E-state index in [-0.39, 0.29) is 0 Å². The molecule has 4 rings (SSSR count). The zero-order valence-corrected chi connectivity index (χ0v) is 22.5. The molecule has 8 heteroatoms. The molecular formula is C29H31BrN2O5. The summed E-state index contributed by atoms with van der Waals surface area (Å²) in [5, 5.41) is 11.7. The Balaban J connectivity index is 1.75. The third-order valence-corrected chi connectivity index (χ3v) is 7.24. The van der Waals surface area contributed by atoms with E-state index in [1.54, 1.807) is 7.11 Å². The predicted octanol–water partition coefficient (Wildman–Crippen LogP) is 4.73. The molecule has 0 aromatic heterocycles. The summed E-state index contributed by atoms with van der Waals surface area (Å²) in [6.45, 7) is 0.823. The van der Waals surface area contributed by atoms with Gasteiger partial charge in [-0.25, -0.2) is 4.79 Å². The third kappa shape index (κ3) is 6.14. The molecule has 1 saturated heterocycles. The number of aliphatic hydroxyl groups is 1. The summed E-state index contributed by atoms with van der Waals surface area (Å²) in [5.74, 6) is -0.201. The fraction of sp³-hybridized carbons (Fsp3) is 0.310. The second kappa shape index (κ2) is 12.3. The molecule has 7 nitrogen and oxygen atoms in total. The van der Waals surface area contributed by atoms with E-state index in [0.29, 0.717) is 25.9 Å². The van der Waals surface area contributed by atoms with Crippen molar-refractivity contribution < 1.29 is 24.2 Å². The predicted molar refractivity (Wildman–Crippen MR) is 145 cm³/mol. The maximum atomic E-state index is 13.7. The second-order valence-corrected chi connectivity index (χ2v) is 9.88. The quantitative estimate of drug-likeness (QED) is 0.377. The van der Waals surface area contributed by atoms with Crippen LogP contribution in [0.5, 0.6) is 5.75 Å². The van der Waals surface area contributed by atoms with E-state index in [2.05, 4.69) is 15.9 Å². The van der Waals surface area contributed by atoms with E-state index < -0.39 is 30.1 Å². The Kier molecular flexibility index (Phi) is 8.84. The Bertz CT molecular complexity index is 1190. The van der Waals surface area contributed by atoms with Crippen LogP contribution in [0.1, 0.15) is 30.0 Å². The van der Waals surface area contributed by atoms with E-state index in [9.17, 15) is 14.7 Å². The number of ether oxygens (including phenoxy) is 2. The van der Waals surface area contributed by atoms with Crippen LogP contribution in [-0.2, 0) is 20.9 Å². The topological polar surface area (TPSA) is 79.3 Å². The molecule has 1 heterocycles. The number of likely N-dealkylation sites (tertiary alicyclic amines) is 1. The maximum Gasteiger partial charge on any atom is 0.328 e. The van der Waals surface area contributed by atoms with Gasteiger partial charge in [-0.15, -0.1) is 0 Å². The smallest absolute Gasteiger partial charge is 0.328 e. The van der Waals surface area contributed by atoms with Crippen molar-refractivity contribution in [3.05, 3.63) is 94.5 Å². The molecule has 3 atom stereocenters. The molecule has 1 aliphatic rings. The minimum Gasteiger partial charge on any atom is -0.497 e. The molecule has 0 unspecified atom stereocenters. The van der Waals surface area contributed by atoms with E-state index in [1.807, 2.05) is 83.8 Å². The van der Waals surface area contributed by atoms with Crippen molar-refractivity contribution in [1.82, 2.24) is 4.90 Å². The molecule has 1 amide bonds. The zero-order valence-electron chi connectivity index (χ0n) is 20.9. The first-order valence-electron chi connectivity index (χ1n) is 12.2. The Morgan fingerprint density at radius 3 is 2.32 bits per heavy atom. The summed E-state index contributed by atoms with van der Waals surface area (Å²) in [6.07, 6.45) is -0.227. The average molecular weight is 567 g/mol. The Morgan fingerprint density at radius 1 is 1.03 bits per heavy atom. The van der Waals surface area contributed by atoms with Crippen molar-refractivity contribution >= 4 is 33.5 Å². The lowest BCUT2D eigenvalue weighted by molar-refractivity contribution is -0.154. The normalized spacial score (nSPS) is 16.6. The molecule has 37 heavy (non-hydrogen) atoms. The molecule has 3 aromatic carbocycles. The number of rotatable bonds is 9. The molecule has 3 aromatic rings. The summed E-state index contributed by atoms with van der Waals surface area (Å²) in [7, 11) is 2.94. The first-order valence-corrected chi connectivity index (χ1v) is 13.0. The van der Waals surface area contributed by atoms with Gasteiger partial charge in [0.15, 0.2) is 6.10 Å². The third-order valence-electron chi connectivity index (χ3n) is 6.71. The van der Waals surface area contributed by atoms with Crippen molar-refractivity contribution in [3.8, 4) is 5.75 Å². The van der Waals surface area contributed by atoms with Gasteiger partial charge in [-0.05, 0) is 60.4 Å². The molecule has 0 aliphatic carbocycles. The molecule has 194 valence electrons. The number of nitrogens with zero attached hydrogens (tertiary/aromatic N) is 2. The van der Waals surface area contributed by atoms with Crippen LogP contribution in [0, 0.1) is 0 Å². The van der Waals surface area contributed by atoms with Gasteiger partial charge in [-0.2, -0.15) is 0 Å². The van der Waals surface area contributed by atoms with Gasteiger partial charge in [0.25, 0.3) is 5.91 Å². The highest BCUT2D eigenvalue weighted by molar-refractivity contribution is 9.10. The lowest BCUT2D eigenvalue weighted by Gasteiger charge is -2.38. The number of hydrogen-bond donors (Lipinski definition) is 1. The highest BCUT2D eigenvalue weighted by Crippen LogP contribution is 2.34. The molecule has 1 fully saturated rings. The van der Waals surface area contributed by atoms with Crippen LogP contribution < -0.4 is 9.64 Å². The Labute approximate surface area is 225 Å². The van der Waals surface area contributed by atoms with E-state index in [0.717, 1.165) is 27.0 Å². The number of carbonyl (C=O) groups excluding carboxylic acids is 2. The molecule has 0 saturated carbocycles. The van der Waals surface area contributed by atoms with Gasteiger partial charge in [-0.3, -0.25) is 4.79 Å². The van der Waals surface area contributed by atoms with Crippen molar-refractivity contribution in [2.45, 2.75) is 37.6 Å². The Hall–Kier alpha value is -3.36. The van der Waals surface area contributed by atoms with Crippen LogP contribution in [0.15, 0.2) is 83.3 Å². The van der Waals surface area contributed by atoms with Crippen LogP contribution in [0.4, 0.5) is 5.69 Å². The minimum absolute atomic E-state index is 0.397. The number of carbonyl (C=O) groups is 2. The number of halogens is 1. The number of amides is 1. The van der Waals surface area contributed by atoms with Gasteiger partial charge < -0.3 is 24.4 Å². The van der Waals surface area contributed by atoms with E-state index >= 15 is 0 Å². The van der Waals surface area contributed by atoms with Crippen molar-refractivity contribution in [2.24, 2.45) is 0 Å². The largest absolute Gasteiger partial charge is 0.497 e. The monoisotopic (exact) mass is 566 g/mol. The zero-order chi connectivity index (χ0) is 26.4. The van der Waals surface area contributed by atoms with E-state index in [4.69, 9.17) is 9.47 Å². The molecule has 0 bridgehead atoms. The van der Waals surface area contributed by atoms with Gasteiger partial charge in [0, 0.05) is 23.2 Å². The standard InChI is InChI=1S/C29H31BrN2O5/c1-36-24-16-10-20(11-17-24)19-32(23-14-12-22(30)13-15-23)26(21-7-4-3-5-8-21)27(33)28(34)31-18-6-9-25(31)29(35)37-2/h3-5,7-8,10-17,25-27,33H,6,9,18-19H2,1-2H3/t25-,26-,27+/m0/s1. The molecule has 0 radical (unpaired) electrons. The van der Waals surface area contributed by atoms with Gasteiger partial charge in [0.05, 0.1) is 20.3 Å². The van der Waals surface area contributed by atoms with E-state index in [1.165, 1.54) is 12.0 Å². The van der Waals surface area contributed by atoms with Crippen molar-refractivity contribution in [3.63, 3.8) is 0 Å². The van der Waals surface area contributed by atoms with Gasteiger partial charge in [-0.1, -0.05) is 58.4 Å². The fourth-order valence-corrected chi connectivity index (χ4v) is 5.07. The second-order valence-electron chi connectivity index (χ2n) is 8.97. The molecular weight excluding hydrogens is 536 g/mol. The van der Waals surface area contributed by atoms with Crippen LogP contribution >= 0.6 is 15.9 Å². The minimum atomic E-state index is -1.42. The van der Waals surface area contributed by atoms with Crippen molar-refractivity contribution in [2.75, 3.05) is 25.7 Å². The summed E-state index contributed by atoms with van der Waals surface area (Å²) >= 11 is 3.50. The number of esters is 1. The first-order chi connectivity index (χ1) is 17.9. The van der Waals surface area contributed by atoms with Gasteiger partial charge in [0.1, 0.15) is 11.8 Å². The number of hydrogen-bond acceptors (Lipinski definition) is 6. The first kappa shape index (κ1) is 26.7. The van der Waals surface area contributed by atoms with Gasteiger partial charge in [0.2, 0.25) is 0 Å². The van der Waals surface area contributed by atoms with Crippen LogP contribution in [0.2, 0.25) is 0 Å². The molecule has 0 spiro atoms. The SMILES string of the molecule is COC(=O)[C@@H]1CCCN1C(=O)[C@H](O)[C@H](c1ccccc1)N(Cc1ccc(OC)cc1)c1ccc(Br)cc1. The summed E-state index contributed by atoms with van der Waals surface area (Å²) in [5.41, 5.74) is 2.61. The summed E-state index contributed by atoms with van der Waals surface area (Å²) in [6, 6.07) is 23.6.